The van der Waals surface area contributed by atoms with Gasteiger partial charge in [-0.3, -0.25) is 9.80 Å². The largest absolute Gasteiger partial charge is 0.497 e. The molecule has 168 valence electrons. The molecule has 32 heavy (non-hydrogen) atoms. The molecule has 2 saturated heterocycles. The van der Waals surface area contributed by atoms with E-state index in [4.69, 9.17) is 9.47 Å². The average Bonchev–Trinajstić information content (AvgIpc) is 3.33. The number of nitrogens with zero attached hydrogens (tertiary/aromatic N) is 3. The highest BCUT2D eigenvalue weighted by Gasteiger charge is 2.47. The quantitative estimate of drug-likeness (QED) is 0.553. The molecule has 0 N–H and O–H groups in total. The van der Waals surface area contributed by atoms with Crippen molar-refractivity contribution in [2.45, 2.75) is 44.9 Å². The number of ether oxygens (including phenoxy) is 2. The van der Waals surface area contributed by atoms with Crippen LogP contribution in [0.4, 0.5) is 10.5 Å². The van der Waals surface area contributed by atoms with Gasteiger partial charge in [-0.25, -0.2) is 4.79 Å². The van der Waals surface area contributed by atoms with Crippen LogP contribution >= 0.6 is 0 Å². The molecule has 0 bridgehead atoms. The molecule has 6 nitrogen and oxygen atoms in total. The summed E-state index contributed by atoms with van der Waals surface area (Å²) < 4.78 is 13.8. The topological polar surface area (TPSA) is 46.9 Å². The number of carbonyl (C=O) groups is 1. The summed E-state index contributed by atoms with van der Waals surface area (Å²) >= 11 is 0. The first-order valence-electron chi connectivity index (χ1n) is 11.4. The third kappa shape index (κ3) is 3.73. The van der Waals surface area contributed by atoms with Gasteiger partial charge in [0.25, 0.3) is 0 Å². The first-order chi connectivity index (χ1) is 15.5. The lowest BCUT2D eigenvalue weighted by molar-refractivity contribution is -0.000889. The summed E-state index contributed by atoms with van der Waals surface area (Å²) in [4.78, 5) is 16.8. The fraction of sp³-hybridized carbons (Fsp3) is 0.423. The number of rotatable bonds is 5. The van der Waals surface area contributed by atoms with Gasteiger partial charge in [0.05, 0.1) is 13.7 Å². The fourth-order valence-corrected chi connectivity index (χ4v) is 5.03. The number of hydrogen-bond donors (Lipinski definition) is 0. The molecule has 2 aliphatic heterocycles. The van der Waals surface area contributed by atoms with Crippen LogP contribution in [0.1, 0.15) is 38.3 Å². The molecular weight excluding hydrogens is 402 g/mol. The molecule has 6 heteroatoms. The molecule has 0 aliphatic carbocycles. The van der Waals surface area contributed by atoms with Crippen LogP contribution in [0.2, 0.25) is 0 Å². The maximum absolute atomic E-state index is 12.6. The van der Waals surface area contributed by atoms with Gasteiger partial charge in [-0.1, -0.05) is 18.2 Å². The number of piperidine rings is 1. The Hall–Kier alpha value is -2.99. The van der Waals surface area contributed by atoms with E-state index in [2.05, 4.69) is 41.6 Å². The predicted octanol–water partition coefficient (Wildman–Crippen LogP) is 5.22. The Kier molecular flexibility index (Phi) is 5.33. The second-order valence-corrected chi connectivity index (χ2v) is 9.29. The molecule has 0 radical (unpaired) electrons. The number of benzene rings is 2. The third-order valence-electron chi connectivity index (χ3n) is 6.88. The smallest absolute Gasteiger partial charge is 0.415 e. The molecule has 2 aliphatic rings. The monoisotopic (exact) mass is 433 g/mol. The second kappa shape index (κ2) is 8.17. The van der Waals surface area contributed by atoms with Crippen LogP contribution in [0.3, 0.4) is 0 Å². The van der Waals surface area contributed by atoms with Gasteiger partial charge < -0.3 is 14.0 Å². The normalized spacial score (nSPS) is 18.6. The number of anilines is 1. The lowest BCUT2D eigenvalue weighted by atomic mass is 9.91. The molecule has 1 aromatic heterocycles. The molecule has 0 unspecified atom stereocenters. The number of methoxy groups -OCH3 is 1. The number of amides is 1. The van der Waals surface area contributed by atoms with Crippen LogP contribution in [-0.4, -0.2) is 47.9 Å². The summed E-state index contributed by atoms with van der Waals surface area (Å²) in [6.45, 7) is 7.77. The number of likely N-dealkylation sites (tertiary alicyclic amines) is 1. The zero-order valence-electron chi connectivity index (χ0n) is 19.1. The average molecular weight is 434 g/mol. The second-order valence-electron chi connectivity index (χ2n) is 9.29. The highest BCUT2D eigenvalue weighted by Crippen LogP contribution is 2.37. The highest BCUT2D eigenvalue weighted by molar-refractivity contribution is 5.90. The number of para-hydroxylation sites is 1. The Morgan fingerprint density at radius 1 is 1.09 bits per heavy atom. The first kappa shape index (κ1) is 20.9. The van der Waals surface area contributed by atoms with Crippen molar-refractivity contribution in [1.82, 2.24) is 9.47 Å². The van der Waals surface area contributed by atoms with Crippen molar-refractivity contribution >= 4 is 22.7 Å². The van der Waals surface area contributed by atoms with Gasteiger partial charge in [-0.2, -0.15) is 0 Å². The zero-order chi connectivity index (χ0) is 22.3. The highest BCUT2D eigenvalue weighted by atomic mass is 16.6. The molecule has 1 spiro atoms. The Bertz CT molecular complexity index is 1110. The molecular formula is C26H31N3O3. The van der Waals surface area contributed by atoms with E-state index >= 15 is 0 Å². The van der Waals surface area contributed by atoms with E-state index in [0.29, 0.717) is 12.6 Å². The molecule has 2 fully saturated rings. The molecule has 5 rings (SSSR count). The number of carbonyl (C=O) groups excluding carboxylic acids is 1. The van der Waals surface area contributed by atoms with Crippen LogP contribution in [0, 0.1) is 0 Å². The Labute approximate surface area is 189 Å². The van der Waals surface area contributed by atoms with Crippen molar-refractivity contribution in [2.24, 2.45) is 0 Å². The lowest BCUT2D eigenvalue weighted by Crippen LogP contribution is -2.46. The maximum atomic E-state index is 12.6. The van der Waals surface area contributed by atoms with Crippen molar-refractivity contribution in [3.05, 3.63) is 60.3 Å². The van der Waals surface area contributed by atoms with Crippen molar-refractivity contribution in [2.75, 3.05) is 31.6 Å². The lowest BCUT2D eigenvalue weighted by Gasteiger charge is -2.37. The van der Waals surface area contributed by atoms with E-state index in [0.717, 1.165) is 43.9 Å². The summed E-state index contributed by atoms with van der Waals surface area (Å²) in [7, 11) is 1.71. The third-order valence-corrected chi connectivity index (χ3v) is 6.88. The van der Waals surface area contributed by atoms with Gasteiger partial charge in [0.15, 0.2) is 0 Å². The molecule has 0 atom stereocenters. The summed E-state index contributed by atoms with van der Waals surface area (Å²) in [5.74, 6) is 0.886. The van der Waals surface area contributed by atoms with E-state index in [9.17, 15) is 4.79 Å². The van der Waals surface area contributed by atoms with Gasteiger partial charge in [-0.15, -0.1) is 0 Å². The summed E-state index contributed by atoms with van der Waals surface area (Å²) in [5.41, 5.74) is 3.09. The maximum Gasteiger partial charge on any atom is 0.415 e. The van der Waals surface area contributed by atoms with Gasteiger partial charge >= 0.3 is 6.09 Å². The van der Waals surface area contributed by atoms with Crippen molar-refractivity contribution in [3.8, 4) is 5.75 Å². The van der Waals surface area contributed by atoms with Crippen molar-refractivity contribution in [3.63, 3.8) is 0 Å². The molecule has 2 aromatic carbocycles. The number of fused-ring (bicyclic) bond motifs is 1. The predicted molar refractivity (Wildman–Crippen MR) is 126 cm³/mol. The molecule has 1 amide bonds. The molecule has 3 aromatic rings. The van der Waals surface area contributed by atoms with E-state index in [1.807, 2.05) is 36.4 Å². The van der Waals surface area contributed by atoms with Crippen LogP contribution in [0.25, 0.3) is 10.9 Å². The van der Waals surface area contributed by atoms with Crippen LogP contribution in [0.15, 0.2) is 54.7 Å². The van der Waals surface area contributed by atoms with E-state index in [-0.39, 0.29) is 11.7 Å². The Morgan fingerprint density at radius 2 is 1.84 bits per heavy atom. The standard InChI is InChI=1S/C26H31N3O3/c1-19(2)28-17-20(23-15-22(31-3)9-10-24(23)28)16-27-13-11-26(12-14-27)18-29(25(30)32-26)21-7-5-4-6-8-21/h4-10,15,17,19H,11-14,16,18H2,1-3H3. The SMILES string of the molecule is COc1ccc2c(c1)c(CN1CCC3(CC1)CN(c1ccccc1)C(=O)O3)cn2C(C)C. The number of aromatic nitrogens is 1. The summed E-state index contributed by atoms with van der Waals surface area (Å²) in [6.07, 6.45) is 3.77. The minimum atomic E-state index is -0.376. The van der Waals surface area contributed by atoms with Crippen LogP contribution in [0.5, 0.6) is 5.75 Å². The van der Waals surface area contributed by atoms with E-state index in [1.165, 1.54) is 16.5 Å². The Morgan fingerprint density at radius 3 is 2.53 bits per heavy atom. The minimum absolute atomic E-state index is 0.225. The first-order valence-corrected chi connectivity index (χ1v) is 11.4. The summed E-state index contributed by atoms with van der Waals surface area (Å²) in [6, 6.07) is 16.5. The van der Waals surface area contributed by atoms with Crippen molar-refractivity contribution < 1.29 is 14.3 Å². The van der Waals surface area contributed by atoms with Gasteiger partial charge in [-0.05, 0) is 49.7 Å². The van der Waals surface area contributed by atoms with Gasteiger partial charge in [0.2, 0.25) is 0 Å². The molecule has 3 heterocycles. The fourth-order valence-electron chi connectivity index (χ4n) is 5.03. The van der Waals surface area contributed by atoms with Gasteiger partial charge in [0, 0.05) is 61.3 Å². The van der Waals surface area contributed by atoms with Crippen molar-refractivity contribution in [1.29, 1.82) is 0 Å². The Balaban J connectivity index is 1.30. The molecule has 0 saturated carbocycles. The van der Waals surface area contributed by atoms with Gasteiger partial charge in [0.1, 0.15) is 11.4 Å². The zero-order valence-corrected chi connectivity index (χ0v) is 19.1. The summed E-state index contributed by atoms with van der Waals surface area (Å²) in [5, 5.41) is 1.25. The minimum Gasteiger partial charge on any atom is -0.497 e. The van der Waals surface area contributed by atoms with Crippen LogP contribution < -0.4 is 9.64 Å². The number of hydrogen-bond acceptors (Lipinski definition) is 4. The van der Waals surface area contributed by atoms with E-state index in [1.54, 1.807) is 12.0 Å². The van der Waals surface area contributed by atoms with E-state index < -0.39 is 0 Å². The van der Waals surface area contributed by atoms with Crippen LogP contribution in [-0.2, 0) is 11.3 Å².